The van der Waals surface area contributed by atoms with E-state index in [2.05, 4.69) is 28.5 Å². The molecule has 0 aliphatic carbocycles. The summed E-state index contributed by atoms with van der Waals surface area (Å²) in [5.74, 6) is 2.91. The first-order chi connectivity index (χ1) is 17.3. The second-order valence-electron chi connectivity index (χ2n) is 8.08. The summed E-state index contributed by atoms with van der Waals surface area (Å²) in [6.07, 6.45) is 3.49. The van der Waals surface area contributed by atoms with Gasteiger partial charge in [0, 0.05) is 38.0 Å². The summed E-state index contributed by atoms with van der Waals surface area (Å²) in [7, 11) is 4.06. The summed E-state index contributed by atoms with van der Waals surface area (Å²) in [4.78, 5) is 18.0. The molecule has 2 aromatic heterocycles. The molecule has 1 aromatic carbocycles. The van der Waals surface area contributed by atoms with Gasteiger partial charge in [-0.25, -0.2) is 13.8 Å². The minimum absolute atomic E-state index is 0.154. The van der Waals surface area contributed by atoms with Crippen LogP contribution >= 0.6 is 0 Å². The number of pyridine rings is 1. The Hall–Kier alpha value is -4.17. The highest BCUT2D eigenvalue weighted by Crippen LogP contribution is 2.33. The van der Waals surface area contributed by atoms with Crippen LogP contribution in [0, 0.1) is 23.5 Å². The van der Waals surface area contributed by atoms with Crippen molar-refractivity contribution in [3.8, 4) is 23.3 Å². The number of carbonyl (C=O) groups excluding carboxylic acids is 1. The van der Waals surface area contributed by atoms with E-state index in [1.165, 1.54) is 20.3 Å². The molecule has 1 amide bonds. The Bertz CT molecular complexity index is 1380. The van der Waals surface area contributed by atoms with Gasteiger partial charge in [-0.05, 0) is 18.4 Å². The molecule has 9 nitrogen and oxygen atoms in total. The van der Waals surface area contributed by atoms with Crippen molar-refractivity contribution in [3.63, 3.8) is 0 Å². The molecular weight excluding hydrogens is 472 g/mol. The number of nitrogen functional groups attached to an aromatic ring is 1. The average molecular weight is 498 g/mol. The molecule has 11 heteroatoms. The number of nitrogens with zero attached hydrogens (tertiary/aromatic N) is 4. The van der Waals surface area contributed by atoms with Crippen molar-refractivity contribution in [1.29, 1.82) is 0 Å². The van der Waals surface area contributed by atoms with Crippen molar-refractivity contribution in [2.45, 2.75) is 19.1 Å². The molecule has 4 rings (SSSR count). The van der Waals surface area contributed by atoms with Gasteiger partial charge in [-0.2, -0.15) is 5.10 Å². The predicted octanol–water partition coefficient (Wildman–Crippen LogP) is 2.81. The number of carbonyl (C=O) groups is 1. The number of amides is 1. The molecule has 0 radical (unpaired) electrons. The van der Waals surface area contributed by atoms with E-state index in [0.717, 1.165) is 6.07 Å². The third-order valence-corrected chi connectivity index (χ3v) is 6.01. The highest BCUT2D eigenvalue weighted by atomic mass is 19.1. The van der Waals surface area contributed by atoms with Gasteiger partial charge in [-0.15, -0.1) is 0 Å². The number of likely N-dealkylation sites (tertiary alicyclic amines) is 1. The SMILES string of the molecule is C=CC(=O)N1CC[C@H](n2nc(C#Cc3c(F)c(OC)cc(OC)c3F)c3c(N)ncc(COC)c32)C1. The molecule has 188 valence electrons. The highest BCUT2D eigenvalue weighted by molar-refractivity contribution is 5.95. The minimum atomic E-state index is -0.965. The number of anilines is 1. The van der Waals surface area contributed by atoms with E-state index in [-0.39, 0.29) is 41.6 Å². The van der Waals surface area contributed by atoms with Crippen molar-refractivity contribution in [2.24, 2.45) is 0 Å². The van der Waals surface area contributed by atoms with E-state index in [1.807, 2.05) is 0 Å². The Kier molecular flexibility index (Phi) is 7.07. The van der Waals surface area contributed by atoms with Crippen LogP contribution in [0.15, 0.2) is 24.9 Å². The van der Waals surface area contributed by atoms with Gasteiger partial charge < -0.3 is 24.8 Å². The van der Waals surface area contributed by atoms with Crippen LogP contribution < -0.4 is 15.2 Å². The summed E-state index contributed by atoms with van der Waals surface area (Å²) in [5.41, 5.74) is 7.20. The molecule has 36 heavy (non-hydrogen) atoms. The van der Waals surface area contributed by atoms with Gasteiger partial charge in [0.25, 0.3) is 0 Å². The largest absolute Gasteiger partial charge is 0.493 e. The number of ether oxygens (including phenoxy) is 3. The maximum Gasteiger partial charge on any atom is 0.246 e. The number of hydrogen-bond acceptors (Lipinski definition) is 7. The van der Waals surface area contributed by atoms with Crippen LogP contribution in [0.25, 0.3) is 10.9 Å². The molecule has 1 aliphatic rings. The van der Waals surface area contributed by atoms with E-state index in [4.69, 9.17) is 19.9 Å². The van der Waals surface area contributed by atoms with Crippen LogP contribution in [0.1, 0.15) is 29.3 Å². The molecule has 0 unspecified atom stereocenters. The lowest BCUT2D eigenvalue weighted by molar-refractivity contribution is -0.125. The van der Waals surface area contributed by atoms with Crippen LogP contribution in [0.5, 0.6) is 11.5 Å². The van der Waals surface area contributed by atoms with Crippen LogP contribution in [0.4, 0.5) is 14.6 Å². The quantitative estimate of drug-likeness (QED) is 0.413. The Morgan fingerprint density at radius 3 is 2.56 bits per heavy atom. The second kappa shape index (κ2) is 10.2. The van der Waals surface area contributed by atoms with Crippen LogP contribution in [-0.4, -0.2) is 60.0 Å². The first kappa shape index (κ1) is 24.9. The number of rotatable bonds is 6. The molecule has 1 atom stereocenters. The van der Waals surface area contributed by atoms with Gasteiger partial charge >= 0.3 is 0 Å². The minimum Gasteiger partial charge on any atom is -0.493 e. The van der Waals surface area contributed by atoms with Crippen LogP contribution in [0.2, 0.25) is 0 Å². The first-order valence-electron chi connectivity index (χ1n) is 11.0. The third-order valence-electron chi connectivity index (χ3n) is 6.01. The van der Waals surface area contributed by atoms with Crippen molar-refractivity contribution in [3.05, 3.63) is 53.4 Å². The number of aromatic nitrogens is 3. The van der Waals surface area contributed by atoms with E-state index >= 15 is 0 Å². The standard InChI is InChI=1S/C25H25F2N5O4/c1-5-20(33)31-9-8-15(12-31)32-24-14(13-34-2)11-29-25(28)21(24)17(30-32)7-6-16-22(26)18(35-3)10-19(36-4)23(16)27/h5,10-11,15H,1,8-9,12-13H2,2-4H3,(H2,28,29)/t15-/m0/s1. The number of halogens is 2. The second-order valence-corrected chi connectivity index (χ2v) is 8.08. The molecule has 3 aromatic rings. The van der Waals surface area contributed by atoms with Crippen molar-refractivity contribution < 1.29 is 27.8 Å². The van der Waals surface area contributed by atoms with Crippen molar-refractivity contribution >= 4 is 22.6 Å². The molecule has 1 saturated heterocycles. The number of methoxy groups -OCH3 is 3. The molecule has 3 heterocycles. The zero-order valence-corrected chi connectivity index (χ0v) is 20.1. The smallest absolute Gasteiger partial charge is 0.246 e. The summed E-state index contributed by atoms with van der Waals surface area (Å²) in [6.45, 7) is 4.70. The zero-order chi connectivity index (χ0) is 26.0. The lowest BCUT2D eigenvalue weighted by atomic mass is 10.1. The molecular formula is C25H25F2N5O4. The van der Waals surface area contributed by atoms with Gasteiger partial charge in [0.1, 0.15) is 17.1 Å². The number of nitrogens with two attached hydrogens (primary N) is 1. The third kappa shape index (κ3) is 4.31. The maximum atomic E-state index is 14.9. The summed E-state index contributed by atoms with van der Waals surface area (Å²) < 4.78 is 46.8. The average Bonchev–Trinajstić information content (AvgIpc) is 3.51. The number of fused-ring (bicyclic) bond motifs is 1. The Labute approximate surface area is 206 Å². The Morgan fingerprint density at radius 2 is 1.94 bits per heavy atom. The van der Waals surface area contributed by atoms with Gasteiger partial charge in [0.15, 0.2) is 23.1 Å². The Morgan fingerprint density at radius 1 is 1.25 bits per heavy atom. The molecule has 0 bridgehead atoms. The van der Waals surface area contributed by atoms with Gasteiger partial charge in [0.05, 0.1) is 37.8 Å². The van der Waals surface area contributed by atoms with Crippen LogP contribution in [-0.2, 0) is 16.1 Å². The van der Waals surface area contributed by atoms with E-state index in [0.29, 0.717) is 36.0 Å². The van der Waals surface area contributed by atoms with Crippen LogP contribution in [0.3, 0.4) is 0 Å². The summed E-state index contributed by atoms with van der Waals surface area (Å²) >= 11 is 0. The molecule has 0 saturated carbocycles. The van der Waals surface area contributed by atoms with E-state index in [1.54, 1.807) is 22.9 Å². The fourth-order valence-electron chi connectivity index (χ4n) is 4.26. The molecule has 1 aliphatic heterocycles. The lowest BCUT2D eigenvalue weighted by Crippen LogP contribution is -2.27. The fourth-order valence-corrected chi connectivity index (χ4v) is 4.26. The lowest BCUT2D eigenvalue weighted by Gasteiger charge is -2.16. The first-order valence-corrected chi connectivity index (χ1v) is 11.0. The fraction of sp³-hybridized carbons (Fsp3) is 0.320. The Balaban J connectivity index is 1.90. The van der Waals surface area contributed by atoms with Gasteiger partial charge in [0.2, 0.25) is 5.91 Å². The van der Waals surface area contributed by atoms with Gasteiger partial charge in [-0.1, -0.05) is 12.5 Å². The van der Waals surface area contributed by atoms with Gasteiger partial charge in [-0.3, -0.25) is 9.48 Å². The summed E-state index contributed by atoms with van der Waals surface area (Å²) in [6, 6.07) is 0.921. The molecule has 1 fully saturated rings. The molecule has 2 N–H and O–H groups in total. The topological polar surface area (TPSA) is 105 Å². The summed E-state index contributed by atoms with van der Waals surface area (Å²) in [5, 5.41) is 5.08. The number of benzene rings is 1. The van der Waals surface area contributed by atoms with E-state index < -0.39 is 17.2 Å². The maximum absolute atomic E-state index is 14.9. The van der Waals surface area contributed by atoms with Crippen molar-refractivity contribution in [2.75, 3.05) is 40.2 Å². The molecule has 0 spiro atoms. The number of hydrogen-bond donors (Lipinski definition) is 1. The van der Waals surface area contributed by atoms with E-state index in [9.17, 15) is 13.6 Å². The zero-order valence-electron chi connectivity index (χ0n) is 20.1. The monoisotopic (exact) mass is 497 g/mol. The highest BCUT2D eigenvalue weighted by Gasteiger charge is 2.30. The predicted molar refractivity (Wildman–Crippen MR) is 129 cm³/mol. The normalized spacial score (nSPS) is 15.0. The van der Waals surface area contributed by atoms with Crippen molar-refractivity contribution in [1.82, 2.24) is 19.7 Å².